The summed E-state index contributed by atoms with van der Waals surface area (Å²) >= 11 is 0. The third-order valence-electron chi connectivity index (χ3n) is 13.5. The van der Waals surface area contributed by atoms with Gasteiger partial charge in [-0.05, 0) is 85.6 Å². The number of nitrogens with one attached hydrogen (secondary N) is 4. The van der Waals surface area contributed by atoms with Crippen molar-refractivity contribution in [2.45, 2.75) is 125 Å². The Hall–Kier alpha value is -7.45. The fraction of sp³-hybridized carbons (Fsp3) is 0.379. The summed E-state index contributed by atoms with van der Waals surface area (Å²) in [5.41, 5.74) is 0.160. The topological polar surface area (TPSA) is 259 Å². The van der Waals surface area contributed by atoms with Crippen LogP contribution in [0.15, 0.2) is 128 Å². The number of nitrogens with zero attached hydrogens (tertiary/aromatic N) is 4. The number of morpholine rings is 1. The average molecular weight is 1150 g/mol. The molecule has 0 spiro atoms. The molecule has 80 heavy (non-hydrogen) atoms. The minimum Gasteiger partial charge on any atom is -0.506 e. The second-order valence-corrected chi connectivity index (χ2v) is 24.7. The molecule has 0 atom stereocenters. The molecule has 6 N–H and O–H groups in total. The summed E-state index contributed by atoms with van der Waals surface area (Å²) in [7, 11) is -13.2. The molecular formula is C58H70N8O11S3. The number of fused-ring (bicyclic) bond motifs is 1. The first-order valence-corrected chi connectivity index (χ1v) is 31.4. The van der Waals surface area contributed by atoms with Gasteiger partial charge in [0, 0.05) is 36.9 Å². The van der Waals surface area contributed by atoms with E-state index in [1.165, 1.54) is 156 Å². The van der Waals surface area contributed by atoms with Gasteiger partial charge in [-0.3, -0.25) is 19.0 Å². The van der Waals surface area contributed by atoms with Crippen LogP contribution in [0.2, 0.25) is 0 Å². The van der Waals surface area contributed by atoms with Crippen molar-refractivity contribution < 1.29 is 49.7 Å². The van der Waals surface area contributed by atoms with Gasteiger partial charge in [0.15, 0.2) is 0 Å². The molecule has 1 saturated heterocycles. The van der Waals surface area contributed by atoms with Gasteiger partial charge in [0.2, 0.25) is 11.6 Å². The third-order valence-corrected chi connectivity index (χ3v) is 17.7. The Bertz CT molecular complexity index is 3550. The van der Waals surface area contributed by atoms with E-state index in [0.717, 1.165) is 25.3 Å². The van der Waals surface area contributed by atoms with Crippen LogP contribution in [0.25, 0.3) is 15.6 Å². The molecule has 1 heterocycles. The number of unbranched alkanes of at least 4 members (excludes halogenated alkanes) is 13. The van der Waals surface area contributed by atoms with Gasteiger partial charge in [0.25, 0.3) is 30.1 Å². The van der Waals surface area contributed by atoms with Crippen molar-refractivity contribution in [1.29, 1.82) is 0 Å². The van der Waals surface area contributed by atoms with Crippen LogP contribution >= 0.6 is 0 Å². The van der Waals surface area contributed by atoms with E-state index in [9.17, 15) is 40.3 Å². The quantitative estimate of drug-likeness (QED) is 0.0111. The van der Waals surface area contributed by atoms with Crippen molar-refractivity contribution in [1.82, 2.24) is 0 Å². The van der Waals surface area contributed by atoms with E-state index in [1.54, 1.807) is 30.0 Å². The van der Waals surface area contributed by atoms with Gasteiger partial charge in [-0.2, -0.15) is 10.2 Å². The first-order chi connectivity index (χ1) is 38.4. The maximum absolute atomic E-state index is 14.5. The number of amides is 1. The summed E-state index contributed by atoms with van der Waals surface area (Å²) < 4.78 is 103. The number of sulfonamides is 3. The van der Waals surface area contributed by atoms with Crippen molar-refractivity contribution in [3.63, 3.8) is 0 Å². The molecule has 6 aromatic rings. The van der Waals surface area contributed by atoms with E-state index < -0.39 is 36.0 Å². The summed E-state index contributed by atoms with van der Waals surface area (Å²) in [6.45, 7) is 14.9. The second-order valence-electron chi connectivity index (χ2n) is 19.7. The van der Waals surface area contributed by atoms with E-state index >= 15 is 0 Å². The molecule has 1 aliphatic heterocycles. The Kier molecular flexibility index (Phi) is 21.2. The number of aromatic hydroxyl groups is 2. The smallest absolute Gasteiger partial charge is 0.264 e. The lowest BCUT2D eigenvalue weighted by atomic mass is 10.0. The highest BCUT2D eigenvalue weighted by molar-refractivity contribution is 7.93. The van der Waals surface area contributed by atoms with E-state index in [2.05, 4.69) is 41.5 Å². The number of rotatable bonds is 29. The van der Waals surface area contributed by atoms with Crippen LogP contribution in [0.3, 0.4) is 0 Å². The van der Waals surface area contributed by atoms with Gasteiger partial charge < -0.3 is 29.9 Å². The Balaban J connectivity index is 1.07. The zero-order valence-corrected chi connectivity index (χ0v) is 47.8. The summed E-state index contributed by atoms with van der Waals surface area (Å²) in [6.07, 6.45) is 17.1. The molecule has 0 aromatic heterocycles. The molecule has 0 bridgehead atoms. The first kappa shape index (κ1) is 60.2. The molecule has 22 heteroatoms. The summed E-state index contributed by atoms with van der Waals surface area (Å²) in [4.78, 5) is 16.7. The molecule has 0 radical (unpaired) electrons. The largest absolute Gasteiger partial charge is 0.506 e. The Morgan fingerprint density at radius 1 is 0.662 bits per heavy atom. The number of phenols is 2. The standard InChI is InChI=1S/C58H70N8O11S3/c1-5-6-7-8-9-10-11-12-13-14-15-16-17-21-33-77-55-40-50(54(68)36-41(55)2)65-80(74,75)56-37-43(27-30-53(56)66-31-34-76-35-32-66)63-79(72,73)45-28-29-47(49(38-45)59-4)61-62-51-39-52(60-42(3)67)58(69)46-25-22-26-48(57(46)51)64-78(70,71)44-23-19-18-20-24-44/h18-20,22-30,36-40,63-65,68-69H,5-17,21,31-35H2,1-3H3,(H,60,67). The van der Waals surface area contributed by atoms with Gasteiger partial charge in [-0.25, -0.2) is 30.1 Å². The average Bonchev–Trinajstić information content (AvgIpc) is 3.43. The maximum Gasteiger partial charge on any atom is 0.264 e. The number of benzene rings is 6. The number of carbonyl (C=O) groups excluding carboxylic acids is 1. The first-order valence-electron chi connectivity index (χ1n) is 27.0. The fourth-order valence-electron chi connectivity index (χ4n) is 9.31. The Morgan fingerprint density at radius 3 is 1.94 bits per heavy atom. The van der Waals surface area contributed by atoms with Crippen LogP contribution in [0.4, 0.5) is 45.5 Å². The third kappa shape index (κ3) is 16.1. The van der Waals surface area contributed by atoms with Crippen molar-refractivity contribution in [2.75, 3.05) is 57.3 Å². The highest BCUT2D eigenvalue weighted by atomic mass is 32.2. The number of carbonyl (C=O) groups is 1. The number of azo groups is 1. The fourth-order valence-corrected chi connectivity index (χ4v) is 12.8. The van der Waals surface area contributed by atoms with Crippen molar-refractivity contribution in [2.24, 2.45) is 10.2 Å². The van der Waals surface area contributed by atoms with Crippen LogP contribution < -0.4 is 29.1 Å². The molecule has 7 rings (SSSR count). The maximum atomic E-state index is 14.5. The van der Waals surface area contributed by atoms with Crippen LogP contribution in [0, 0.1) is 13.5 Å². The predicted octanol–water partition coefficient (Wildman–Crippen LogP) is 13.6. The zero-order chi connectivity index (χ0) is 57.3. The van der Waals surface area contributed by atoms with Gasteiger partial charge in [-0.1, -0.05) is 121 Å². The zero-order valence-electron chi connectivity index (χ0n) is 45.3. The summed E-state index contributed by atoms with van der Waals surface area (Å²) in [5, 5.41) is 33.5. The molecule has 0 unspecified atom stereocenters. The number of phenolic OH excluding ortho intramolecular Hbond substituents is 2. The highest BCUT2D eigenvalue weighted by Gasteiger charge is 2.28. The summed E-state index contributed by atoms with van der Waals surface area (Å²) in [6, 6.07) is 23.7. The minimum atomic E-state index is -4.55. The SMILES string of the molecule is [C-]#[N+]c1cc(S(=O)(=O)Nc2ccc(N3CCOCC3)c(S(=O)(=O)Nc3cc(OCCCCCCCCCCCCCCCC)c(C)cc3O)c2)ccc1N=Nc1cc(NC(C)=O)c(O)c2cccc(NS(=O)(=O)c3ccccc3)c12. The molecule has 19 nitrogen and oxygen atoms in total. The summed E-state index contributed by atoms with van der Waals surface area (Å²) in [5.74, 6) is -0.843. The van der Waals surface area contributed by atoms with Crippen LogP contribution in [0.1, 0.15) is 109 Å². The molecule has 0 saturated carbocycles. The number of hydrogen-bond acceptors (Lipinski definition) is 14. The molecule has 1 fully saturated rings. The van der Waals surface area contributed by atoms with Crippen LogP contribution in [-0.2, 0) is 39.6 Å². The van der Waals surface area contributed by atoms with E-state index in [4.69, 9.17) is 16.0 Å². The lowest BCUT2D eigenvalue weighted by molar-refractivity contribution is -0.114. The lowest BCUT2D eigenvalue weighted by Crippen LogP contribution is -2.37. The lowest BCUT2D eigenvalue weighted by Gasteiger charge is -2.30. The van der Waals surface area contributed by atoms with Gasteiger partial charge in [0.1, 0.15) is 22.1 Å². The monoisotopic (exact) mass is 1150 g/mol. The van der Waals surface area contributed by atoms with Crippen molar-refractivity contribution in [3.8, 4) is 17.2 Å². The molecule has 6 aromatic carbocycles. The second kappa shape index (κ2) is 28.1. The van der Waals surface area contributed by atoms with Crippen LogP contribution in [-0.4, -0.2) is 74.3 Å². The predicted molar refractivity (Wildman–Crippen MR) is 314 cm³/mol. The number of aryl methyl sites for hydroxylation is 1. The Labute approximate surface area is 469 Å². The van der Waals surface area contributed by atoms with E-state index in [1.807, 2.05) is 0 Å². The van der Waals surface area contributed by atoms with Gasteiger partial charge >= 0.3 is 0 Å². The van der Waals surface area contributed by atoms with E-state index in [-0.39, 0.29) is 82.5 Å². The van der Waals surface area contributed by atoms with Gasteiger partial charge in [-0.15, -0.1) is 0 Å². The minimum absolute atomic E-state index is 0.00499. The van der Waals surface area contributed by atoms with Crippen LogP contribution in [0.5, 0.6) is 17.2 Å². The van der Waals surface area contributed by atoms with Gasteiger partial charge in [0.05, 0.1) is 76.0 Å². The molecule has 0 aliphatic carbocycles. The van der Waals surface area contributed by atoms with Crippen molar-refractivity contribution >= 4 is 92.2 Å². The number of ether oxygens (including phenoxy) is 2. The number of anilines is 5. The molecule has 426 valence electrons. The van der Waals surface area contributed by atoms with Crippen molar-refractivity contribution in [3.05, 3.63) is 120 Å². The molecule has 1 aliphatic rings. The molecular weight excluding hydrogens is 1080 g/mol. The molecule has 1 amide bonds. The Morgan fingerprint density at radius 2 is 1.29 bits per heavy atom. The number of hydrogen-bond donors (Lipinski definition) is 6. The highest BCUT2D eigenvalue weighted by Crippen LogP contribution is 2.45. The normalized spacial score (nSPS) is 13.1. The van der Waals surface area contributed by atoms with E-state index in [0.29, 0.717) is 44.2 Å².